The Hall–Kier alpha value is -1.83. The molecule has 4 aliphatic rings. The predicted molar refractivity (Wildman–Crippen MR) is 113 cm³/mol. The van der Waals surface area contributed by atoms with E-state index >= 15 is 0 Å². The normalized spacial score (nSPS) is 33.9. The van der Waals surface area contributed by atoms with E-state index in [1.165, 1.54) is 36.0 Å². The van der Waals surface area contributed by atoms with Gasteiger partial charge in [-0.1, -0.05) is 51.0 Å². The molecule has 1 aromatic rings. The Labute approximate surface area is 168 Å². The van der Waals surface area contributed by atoms with Gasteiger partial charge in [-0.05, 0) is 56.4 Å². The number of allylic oxidation sites excluding steroid dienone is 4. The van der Waals surface area contributed by atoms with Crippen molar-refractivity contribution in [2.24, 2.45) is 17.3 Å². The molecule has 0 radical (unpaired) electrons. The minimum absolute atomic E-state index is 0.0470. The standard InChI is InChI=1S/C26H32O2/c1-4-6-12-23-19-14-13-18-20(9-5-2)26(25(18)24(19)16(3)28-23)15-22(27)17-10-7-8-11-21(17)26/h7,10,12,18,20,25H,3-6,8-9,11,13-15H2,1-2H3/b23-12-. The highest BCUT2D eigenvalue weighted by atomic mass is 16.3. The van der Waals surface area contributed by atoms with Gasteiger partial charge in [0.1, 0.15) is 10.8 Å². The van der Waals surface area contributed by atoms with Crippen molar-refractivity contribution in [1.29, 1.82) is 0 Å². The lowest BCUT2D eigenvalue weighted by Crippen LogP contribution is -2.58. The highest BCUT2D eigenvalue weighted by molar-refractivity contribution is 6.03. The van der Waals surface area contributed by atoms with E-state index < -0.39 is 0 Å². The minimum atomic E-state index is 0.0470. The fraction of sp³-hybridized carbons (Fsp3) is 0.577. The van der Waals surface area contributed by atoms with Gasteiger partial charge in [-0.3, -0.25) is 4.79 Å². The number of rotatable bonds is 4. The Morgan fingerprint density at radius 3 is 2.93 bits per heavy atom. The summed E-state index contributed by atoms with van der Waals surface area (Å²) in [4.78, 5) is 13.0. The number of furan rings is 1. The summed E-state index contributed by atoms with van der Waals surface area (Å²) in [7, 11) is 0. The van der Waals surface area contributed by atoms with E-state index in [2.05, 4.69) is 38.7 Å². The quantitative estimate of drug-likeness (QED) is 0.744. The van der Waals surface area contributed by atoms with Crippen LogP contribution >= 0.6 is 0 Å². The molecule has 0 N–H and O–H groups in total. The molecule has 1 saturated carbocycles. The van der Waals surface area contributed by atoms with Crippen LogP contribution in [-0.2, 0) is 11.2 Å². The van der Waals surface area contributed by atoms with Gasteiger partial charge in [-0.25, -0.2) is 0 Å². The summed E-state index contributed by atoms with van der Waals surface area (Å²) in [6.45, 7) is 8.83. The van der Waals surface area contributed by atoms with Crippen LogP contribution in [0.15, 0.2) is 27.7 Å². The molecule has 2 heteroatoms. The van der Waals surface area contributed by atoms with Gasteiger partial charge < -0.3 is 4.42 Å². The molecule has 0 saturated heterocycles. The van der Waals surface area contributed by atoms with Crippen LogP contribution in [0.2, 0.25) is 0 Å². The first-order chi connectivity index (χ1) is 13.6. The van der Waals surface area contributed by atoms with Crippen LogP contribution in [0.1, 0.15) is 82.3 Å². The molecule has 0 bridgehead atoms. The molecular formula is C26H32O2. The average Bonchev–Trinajstić information content (AvgIpc) is 3.19. The van der Waals surface area contributed by atoms with Crippen molar-refractivity contribution in [3.05, 3.63) is 45.3 Å². The van der Waals surface area contributed by atoms with Crippen LogP contribution in [-0.4, -0.2) is 5.78 Å². The van der Waals surface area contributed by atoms with E-state index in [9.17, 15) is 4.79 Å². The smallest absolute Gasteiger partial charge is 0.163 e. The zero-order valence-electron chi connectivity index (χ0n) is 17.4. The molecule has 0 aliphatic heterocycles. The molecule has 1 fully saturated rings. The number of hydrogen-bond donors (Lipinski definition) is 0. The topological polar surface area (TPSA) is 30.2 Å². The van der Waals surface area contributed by atoms with Crippen molar-refractivity contribution < 1.29 is 9.21 Å². The third kappa shape index (κ3) is 2.24. The van der Waals surface area contributed by atoms with Crippen LogP contribution in [0.5, 0.6) is 0 Å². The summed E-state index contributed by atoms with van der Waals surface area (Å²) in [6.07, 6.45) is 16.4. The van der Waals surface area contributed by atoms with Gasteiger partial charge in [-0.15, -0.1) is 0 Å². The van der Waals surface area contributed by atoms with Crippen molar-refractivity contribution in [2.75, 3.05) is 0 Å². The summed E-state index contributed by atoms with van der Waals surface area (Å²) in [6, 6.07) is 0. The van der Waals surface area contributed by atoms with Crippen LogP contribution in [0, 0.1) is 17.3 Å². The third-order valence-electron chi connectivity index (χ3n) is 8.06. The Morgan fingerprint density at radius 2 is 2.14 bits per heavy atom. The summed E-state index contributed by atoms with van der Waals surface area (Å²) in [5.41, 5.74) is 7.29. The Morgan fingerprint density at radius 1 is 1.29 bits per heavy atom. The van der Waals surface area contributed by atoms with Crippen molar-refractivity contribution in [2.45, 2.75) is 77.6 Å². The van der Waals surface area contributed by atoms with Crippen LogP contribution in [0.3, 0.4) is 0 Å². The maximum absolute atomic E-state index is 13.0. The van der Waals surface area contributed by atoms with E-state index in [0.29, 0.717) is 30.0 Å². The second-order valence-corrected chi connectivity index (χ2v) is 9.32. The summed E-state index contributed by atoms with van der Waals surface area (Å²) in [5.74, 6) is 2.16. The highest BCUT2D eigenvalue weighted by Crippen LogP contribution is 2.73. The van der Waals surface area contributed by atoms with Crippen LogP contribution in [0.4, 0.5) is 0 Å². The molecule has 1 heterocycles. The minimum Gasteiger partial charge on any atom is -0.458 e. The van der Waals surface area contributed by atoms with Crippen molar-refractivity contribution in [1.82, 2.24) is 0 Å². The Balaban J connectivity index is 1.68. The lowest BCUT2D eigenvalue weighted by atomic mass is 9.39. The molecule has 28 heavy (non-hydrogen) atoms. The molecule has 1 aromatic heterocycles. The van der Waals surface area contributed by atoms with Gasteiger partial charge in [0, 0.05) is 34.5 Å². The first-order valence-electron chi connectivity index (χ1n) is 11.4. The number of Topliss-reactive ketones (excluding diaryl/α,β-unsaturated/α-hetero) is 1. The number of unbranched alkanes of at least 4 members (excludes halogenated alkanes) is 1. The fourth-order valence-electron chi connectivity index (χ4n) is 7.18. The molecule has 4 aliphatic carbocycles. The fourth-order valence-corrected chi connectivity index (χ4v) is 7.18. The van der Waals surface area contributed by atoms with Gasteiger partial charge in [0.15, 0.2) is 5.78 Å². The Kier molecular flexibility index (Phi) is 4.30. The predicted octanol–water partition coefficient (Wildman–Crippen LogP) is 4.95. The summed E-state index contributed by atoms with van der Waals surface area (Å²) >= 11 is 0. The zero-order valence-corrected chi connectivity index (χ0v) is 17.4. The lowest BCUT2D eigenvalue weighted by molar-refractivity contribution is -0.122. The first-order valence-corrected chi connectivity index (χ1v) is 11.4. The van der Waals surface area contributed by atoms with Crippen LogP contribution < -0.4 is 10.8 Å². The summed E-state index contributed by atoms with van der Waals surface area (Å²) in [5, 5.41) is 0. The van der Waals surface area contributed by atoms with Gasteiger partial charge in [-0.2, -0.15) is 0 Å². The molecule has 2 nitrogen and oxygen atoms in total. The summed E-state index contributed by atoms with van der Waals surface area (Å²) < 4.78 is 6.20. The molecular weight excluding hydrogens is 344 g/mol. The largest absolute Gasteiger partial charge is 0.458 e. The van der Waals surface area contributed by atoms with E-state index in [0.717, 1.165) is 48.5 Å². The van der Waals surface area contributed by atoms with Gasteiger partial charge >= 0.3 is 0 Å². The lowest BCUT2D eigenvalue weighted by Gasteiger charge is -2.63. The van der Waals surface area contributed by atoms with Crippen LogP contribution in [0.25, 0.3) is 12.7 Å². The second kappa shape index (κ2) is 6.61. The first kappa shape index (κ1) is 18.2. The molecule has 0 aromatic carbocycles. The monoisotopic (exact) mass is 376 g/mol. The van der Waals surface area contributed by atoms with E-state index in [1.807, 2.05) is 0 Å². The number of carbonyl (C=O) groups is 1. The molecule has 1 spiro atoms. The average molecular weight is 377 g/mol. The molecule has 0 amide bonds. The third-order valence-corrected chi connectivity index (χ3v) is 8.06. The van der Waals surface area contributed by atoms with Gasteiger partial charge in [0.05, 0.1) is 0 Å². The SMILES string of the molecule is C=c1o/c(=C\CCC)c2c1C1C(CC2)C(CCC)C12CC(=O)C1=C2CCC=C1. The Bertz CT molecular complexity index is 988. The maximum atomic E-state index is 13.0. The highest BCUT2D eigenvalue weighted by Gasteiger charge is 2.67. The number of carbonyl (C=O) groups excluding carboxylic acids is 1. The van der Waals surface area contributed by atoms with Gasteiger partial charge in [0.2, 0.25) is 0 Å². The zero-order chi connectivity index (χ0) is 19.5. The van der Waals surface area contributed by atoms with Crippen molar-refractivity contribution in [3.8, 4) is 0 Å². The molecule has 148 valence electrons. The molecule has 4 unspecified atom stereocenters. The molecule has 5 rings (SSSR count). The van der Waals surface area contributed by atoms with E-state index in [4.69, 9.17) is 4.42 Å². The van der Waals surface area contributed by atoms with Crippen molar-refractivity contribution >= 4 is 18.4 Å². The number of ketones is 1. The maximum Gasteiger partial charge on any atom is 0.163 e. The number of fused-ring (bicyclic) bond motifs is 5. The molecule has 4 atom stereocenters. The van der Waals surface area contributed by atoms with E-state index in [-0.39, 0.29) is 5.41 Å². The second-order valence-electron chi connectivity index (χ2n) is 9.32. The van der Waals surface area contributed by atoms with Gasteiger partial charge in [0.25, 0.3) is 0 Å². The van der Waals surface area contributed by atoms with E-state index in [1.54, 1.807) is 0 Å². The number of hydrogen-bond acceptors (Lipinski definition) is 2. The van der Waals surface area contributed by atoms with Crippen molar-refractivity contribution in [3.63, 3.8) is 0 Å².